The van der Waals surface area contributed by atoms with Crippen molar-refractivity contribution in [3.63, 3.8) is 0 Å². The van der Waals surface area contributed by atoms with Gasteiger partial charge in [0.05, 0.1) is 17.2 Å². The third-order valence-corrected chi connectivity index (χ3v) is 3.66. The molecule has 2 N–H and O–H groups in total. The average Bonchev–Trinajstić information content (AvgIpc) is 2.92. The molecule has 0 spiro atoms. The zero-order chi connectivity index (χ0) is 13.8. The monoisotopic (exact) mass is 283 g/mol. The number of hydrogen-bond acceptors (Lipinski definition) is 4. The number of anilines is 1. The van der Waals surface area contributed by atoms with Crippen LogP contribution in [-0.2, 0) is 4.74 Å². The van der Waals surface area contributed by atoms with E-state index < -0.39 is 0 Å². The normalized spacial score (nSPS) is 20.1. The topological polar surface area (TPSA) is 63.2 Å². The maximum absolute atomic E-state index is 12.1. The Morgan fingerprint density at radius 1 is 1.63 bits per heavy atom. The van der Waals surface area contributed by atoms with E-state index in [1.54, 1.807) is 13.1 Å². The summed E-state index contributed by atoms with van der Waals surface area (Å²) in [4.78, 5) is 16.2. The number of amides is 1. The Labute approximate surface area is 117 Å². The molecule has 1 aliphatic heterocycles. The minimum atomic E-state index is -0.156. The van der Waals surface area contributed by atoms with Crippen molar-refractivity contribution in [2.45, 2.75) is 19.4 Å². The van der Waals surface area contributed by atoms with E-state index in [0.717, 1.165) is 13.0 Å². The largest absolute Gasteiger partial charge is 0.381 e. The zero-order valence-electron chi connectivity index (χ0n) is 11.1. The molecule has 1 amide bonds. The highest BCUT2D eigenvalue weighted by Crippen LogP contribution is 2.20. The average molecular weight is 284 g/mol. The van der Waals surface area contributed by atoms with Crippen LogP contribution in [0.15, 0.2) is 12.3 Å². The summed E-state index contributed by atoms with van der Waals surface area (Å²) in [5.74, 6) is 0.788. The van der Waals surface area contributed by atoms with Crippen molar-refractivity contribution in [1.29, 1.82) is 0 Å². The van der Waals surface area contributed by atoms with Crippen LogP contribution in [0, 0.1) is 5.92 Å². The maximum Gasteiger partial charge on any atom is 0.253 e. The molecule has 6 heteroatoms. The molecule has 2 heterocycles. The molecule has 1 fully saturated rings. The van der Waals surface area contributed by atoms with E-state index in [2.05, 4.69) is 15.6 Å². The molecule has 2 unspecified atom stereocenters. The molecular formula is C13H18ClN3O2. The van der Waals surface area contributed by atoms with Crippen LogP contribution in [0.4, 0.5) is 5.82 Å². The fraction of sp³-hybridized carbons (Fsp3) is 0.538. The summed E-state index contributed by atoms with van der Waals surface area (Å²) >= 11 is 6.01. The molecule has 2 rings (SSSR count). The van der Waals surface area contributed by atoms with E-state index in [4.69, 9.17) is 16.3 Å². The number of halogens is 1. The van der Waals surface area contributed by atoms with Gasteiger partial charge in [-0.15, -0.1) is 0 Å². The van der Waals surface area contributed by atoms with Crippen LogP contribution in [-0.4, -0.2) is 37.2 Å². The Morgan fingerprint density at radius 2 is 2.42 bits per heavy atom. The zero-order valence-corrected chi connectivity index (χ0v) is 11.8. The lowest BCUT2D eigenvalue weighted by molar-refractivity contribution is 0.0922. The highest BCUT2D eigenvalue weighted by molar-refractivity contribution is 6.33. The molecular weight excluding hydrogens is 266 g/mol. The lowest BCUT2D eigenvalue weighted by Gasteiger charge is -2.19. The second-order valence-electron chi connectivity index (χ2n) is 4.69. The summed E-state index contributed by atoms with van der Waals surface area (Å²) in [6.07, 6.45) is 2.50. The summed E-state index contributed by atoms with van der Waals surface area (Å²) in [7, 11) is 1.73. The van der Waals surface area contributed by atoms with Crippen LogP contribution in [0.5, 0.6) is 0 Å². The van der Waals surface area contributed by atoms with E-state index in [-0.39, 0.29) is 11.9 Å². The van der Waals surface area contributed by atoms with E-state index in [0.29, 0.717) is 28.9 Å². The number of hydrogen-bond donors (Lipinski definition) is 2. The smallest absolute Gasteiger partial charge is 0.253 e. The highest BCUT2D eigenvalue weighted by Gasteiger charge is 2.24. The number of nitrogens with one attached hydrogen (secondary N) is 2. The lowest BCUT2D eigenvalue weighted by atomic mass is 10.0. The summed E-state index contributed by atoms with van der Waals surface area (Å²) in [5.41, 5.74) is 0.467. The predicted octanol–water partition coefficient (Wildman–Crippen LogP) is 1.93. The Kier molecular flexibility index (Phi) is 4.61. The molecule has 104 valence electrons. The summed E-state index contributed by atoms with van der Waals surface area (Å²) in [5, 5.41) is 6.26. The van der Waals surface area contributed by atoms with E-state index >= 15 is 0 Å². The molecule has 1 aromatic heterocycles. The lowest BCUT2D eigenvalue weighted by Crippen LogP contribution is -2.38. The summed E-state index contributed by atoms with van der Waals surface area (Å²) < 4.78 is 5.32. The minimum absolute atomic E-state index is 0.0813. The van der Waals surface area contributed by atoms with Crippen LogP contribution in [0.1, 0.15) is 23.7 Å². The number of ether oxygens (including phenoxy) is 1. The standard InChI is InChI=1S/C13H18ClN3O2/c1-8(9-3-4-19-7-9)17-13(18)10-5-11(14)12(15-2)16-6-10/h5-6,8-9H,3-4,7H2,1-2H3,(H,15,16)(H,17,18). The van der Waals surface area contributed by atoms with Gasteiger partial charge in [-0.2, -0.15) is 0 Å². The van der Waals surface area contributed by atoms with Crippen molar-refractivity contribution in [3.05, 3.63) is 22.8 Å². The van der Waals surface area contributed by atoms with Gasteiger partial charge in [-0.05, 0) is 19.4 Å². The number of rotatable bonds is 4. The van der Waals surface area contributed by atoms with E-state index in [1.165, 1.54) is 6.20 Å². The van der Waals surface area contributed by atoms with Crippen molar-refractivity contribution < 1.29 is 9.53 Å². The summed E-state index contributed by atoms with van der Waals surface area (Å²) in [6.45, 7) is 3.47. The van der Waals surface area contributed by atoms with Gasteiger partial charge in [-0.1, -0.05) is 11.6 Å². The van der Waals surface area contributed by atoms with Crippen LogP contribution in [0.3, 0.4) is 0 Å². The maximum atomic E-state index is 12.1. The van der Waals surface area contributed by atoms with E-state index in [9.17, 15) is 4.79 Å². The van der Waals surface area contributed by atoms with Crippen LogP contribution in [0.2, 0.25) is 5.02 Å². The Hall–Kier alpha value is -1.33. The minimum Gasteiger partial charge on any atom is -0.381 e. The quantitative estimate of drug-likeness (QED) is 0.886. The first-order valence-electron chi connectivity index (χ1n) is 6.33. The second kappa shape index (κ2) is 6.21. The number of carbonyl (C=O) groups excluding carboxylic acids is 1. The molecule has 1 aliphatic rings. The SMILES string of the molecule is CNc1ncc(C(=O)NC(C)C2CCOC2)cc1Cl. The molecule has 0 bridgehead atoms. The van der Waals surface area contributed by atoms with Crippen molar-refractivity contribution in [2.75, 3.05) is 25.6 Å². The number of nitrogens with zero attached hydrogens (tertiary/aromatic N) is 1. The molecule has 1 saturated heterocycles. The van der Waals surface area contributed by atoms with Crippen molar-refractivity contribution in [3.8, 4) is 0 Å². The van der Waals surface area contributed by atoms with Crippen LogP contribution < -0.4 is 10.6 Å². The molecule has 2 atom stereocenters. The van der Waals surface area contributed by atoms with Gasteiger partial charge < -0.3 is 15.4 Å². The molecule has 0 radical (unpaired) electrons. The first-order valence-corrected chi connectivity index (χ1v) is 6.71. The molecule has 1 aromatic rings. The number of pyridine rings is 1. The number of carbonyl (C=O) groups is 1. The molecule has 5 nitrogen and oxygen atoms in total. The summed E-state index contributed by atoms with van der Waals surface area (Å²) in [6, 6.07) is 1.70. The first kappa shape index (κ1) is 14.1. The molecule has 0 aromatic carbocycles. The fourth-order valence-electron chi connectivity index (χ4n) is 2.10. The van der Waals surface area contributed by atoms with Gasteiger partial charge in [0.1, 0.15) is 5.82 Å². The van der Waals surface area contributed by atoms with Crippen molar-refractivity contribution in [1.82, 2.24) is 10.3 Å². The molecule has 19 heavy (non-hydrogen) atoms. The third-order valence-electron chi connectivity index (χ3n) is 3.37. The van der Waals surface area contributed by atoms with Gasteiger partial charge in [-0.3, -0.25) is 4.79 Å². The van der Waals surface area contributed by atoms with Gasteiger partial charge in [0.15, 0.2) is 0 Å². The van der Waals surface area contributed by atoms with Gasteiger partial charge in [0.2, 0.25) is 0 Å². The molecule has 0 aliphatic carbocycles. The van der Waals surface area contributed by atoms with E-state index in [1.807, 2.05) is 6.92 Å². The Morgan fingerprint density at radius 3 is 3.00 bits per heavy atom. The Bertz CT molecular complexity index is 461. The van der Waals surface area contributed by atoms with Gasteiger partial charge in [0, 0.05) is 31.8 Å². The third kappa shape index (κ3) is 3.36. The van der Waals surface area contributed by atoms with Gasteiger partial charge in [-0.25, -0.2) is 4.98 Å². The molecule has 0 saturated carbocycles. The van der Waals surface area contributed by atoms with Gasteiger partial charge in [0.25, 0.3) is 5.91 Å². The Balaban J connectivity index is 2.01. The van der Waals surface area contributed by atoms with Crippen molar-refractivity contribution >= 4 is 23.3 Å². The highest BCUT2D eigenvalue weighted by atomic mass is 35.5. The first-order chi connectivity index (χ1) is 9.11. The van der Waals surface area contributed by atoms with Crippen LogP contribution in [0.25, 0.3) is 0 Å². The fourth-order valence-corrected chi connectivity index (χ4v) is 2.36. The van der Waals surface area contributed by atoms with Crippen molar-refractivity contribution in [2.24, 2.45) is 5.92 Å². The predicted molar refractivity (Wildman–Crippen MR) is 74.6 cm³/mol. The second-order valence-corrected chi connectivity index (χ2v) is 5.10. The van der Waals surface area contributed by atoms with Gasteiger partial charge >= 0.3 is 0 Å². The van der Waals surface area contributed by atoms with Crippen LogP contribution >= 0.6 is 11.6 Å². The number of aromatic nitrogens is 1.